The van der Waals surface area contributed by atoms with Gasteiger partial charge in [-0.2, -0.15) is 4.39 Å². The van der Waals surface area contributed by atoms with Gasteiger partial charge in [-0.1, -0.05) is 30.4 Å². The minimum absolute atomic E-state index is 0.0699. The fourth-order valence-corrected chi connectivity index (χ4v) is 5.36. The summed E-state index contributed by atoms with van der Waals surface area (Å²) in [5.41, 5.74) is 2.85. The number of carboxylic acid groups (broad SMARTS) is 1. The zero-order valence-corrected chi connectivity index (χ0v) is 23.6. The van der Waals surface area contributed by atoms with Crippen LogP contribution in [0.2, 0.25) is 0 Å². The number of carbonyl (C=O) groups excluding carboxylic acids is 1. The summed E-state index contributed by atoms with van der Waals surface area (Å²) >= 11 is 0. The zero-order valence-electron chi connectivity index (χ0n) is 23.6. The number of aliphatic carboxylic acids is 1. The molecule has 224 valence electrons. The van der Waals surface area contributed by atoms with Crippen LogP contribution in [0.4, 0.5) is 4.39 Å². The molecule has 1 aromatic rings. The van der Waals surface area contributed by atoms with Crippen molar-refractivity contribution in [3.8, 4) is 5.75 Å². The van der Waals surface area contributed by atoms with E-state index in [0.717, 1.165) is 38.5 Å². The lowest BCUT2D eigenvalue weighted by Gasteiger charge is -2.29. The minimum atomic E-state index is -2.94. The molecule has 0 bridgehead atoms. The van der Waals surface area contributed by atoms with E-state index in [0.29, 0.717) is 19.6 Å². The number of ether oxygens (including phenoxy) is 5. The molecule has 7 atom stereocenters. The van der Waals surface area contributed by atoms with Crippen molar-refractivity contribution >= 4 is 11.8 Å². The topological polar surface area (TPSA) is 101 Å². The van der Waals surface area contributed by atoms with Crippen LogP contribution >= 0.6 is 0 Å². The van der Waals surface area contributed by atoms with E-state index in [2.05, 4.69) is 5.73 Å². The molecule has 5 unspecified atom stereocenters. The van der Waals surface area contributed by atoms with Gasteiger partial charge in [0.15, 0.2) is 12.6 Å². The second-order valence-corrected chi connectivity index (χ2v) is 10.8. The number of Topliss-reactive ketones (excluding diaryl/α,β-unsaturated/α-hetero) is 1. The smallest absolute Gasteiger partial charge is 0.382 e. The van der Waals surface area contributed by atoms with E-state index >= 15 is 4.39 Å². The van der Waals surface area contributed by atoms with Crippen molar-refractivity contribution in [1.82, 2.24) is 0 Å². The highest BCUT2D eigenvalue weighted by Gasteiger charge is 2.43. The molecular formula is C32H41FO8. The highest BCUT2D eigenvalue weighted by molar-refractivity contribution is 5.85. The van der Waals surface area contributed by atoms with Gasteiger partial charge in [-0.15, -0.1) is 5.73 Å². The second-order valence-electron chi connectivity index (χ2n) is 10.8. The Labute approximate surface area is 241 Å². The molecule has 1 aliphatic carbocycles. The molecule has 0 spiro atoms. The van der Waals surface area contributed by atoms with E-state index < -0.39 is 18.2 Å². The van der Waals surface area contributed by atoms with Crippen LogP contribution in [0.25, 0.3) is 0 Å². The normalized spacial score (nSPS) is 28.9. The number of hydrogen-bond acceptors (Lipinski definition) is 7. The Morgan fingerprint density at radius 2 is 1.83 bits per heavy atom. The third-order valence-corrected chi connectivity index (χ3v) is 7.60. The van der Waals surface area contributed by atoms with Gasteiger partial charge in [0.2, 0.25) is 0 Å². The number of alkyl halides is 1. The molecule has 41 heavy (non-hydrogen) atoms. The van der Waals surface area contributed by atoms with Crippen LogP contribution in [0.3, 0.4) is 0 Å². The number of halogens is 1. The van der Waals surface area contributed by atoms with Crippen LogP contribution in [0.1, 0.15) is 64.7 Å². The minimum Gasteiger partial charge on any atom is -0.476 e. The molecule has 2 heterocycles. The molecule has 1 N–H and O–H groups in total. The second kappa shape index (κ2) is 15.4. The predicted octanol–water partition coefficient (Wildman–Crippen LogP) is 5.91. The van der Waals surface area contributed by atoms with E-state index in [4.69, 9.17) is 23.7 Å². The van der Waals surface area contributed by atoms with Crippen LogP contribution in [0.5, 0.6) is 5.75 Å². The number of para-hydroxylation sites is 1. The Bertz CT molecular complexity index is 1070. The van der Waals surface area contributed by atoms with Crippen molar-refractivity contribution in [3.05, 3.63) is 60.4 Å². The molecule has 1 saturated carbocycles. The van der Waals surface area contributed by atoms with Crippen molar-refractivity contribution in [2.75, 3.05) is 13.2 Å². The summed E-state index contributed by atoms with van der Waals surface area (Å²) in [5, 5.41) is 9.41. The molecule has 9 heteroatoms. The Hall–Kier alpha value is -2.81. The summed E-state index contributed by atoms with van der Waals surface area (Å²) in [4.78, 5) is 24.7. The van der Waals surface area contributed by atoms with E-state index in [1.807, 2.05) is 19.1 Å². The zero-order chi connectivity index (χ0) is 29.1. The van der Waals surface area contributed by atoms with Crippen LogP contribution in [-0.2, 0) is 28.5 Å². The fourth-order valence-electron chi connectivity index (χ4n) is 5.36. The van der Waals surface area contributed by atoms with E-state index in [1.165, 1.54) is 18.2 Å². The molecule has 4 rings (SSSR count). The standard InChI is InChI=1S/C32H41FO8/c1-23(39-29-15-7-10-20-37-29)17-18-26-25(27(34)22-28(26)40-30-16-8-11-21-38-30)14-6-3-9-19-32(33,31(35)36)41-24-12-4-2-5-13-24/h2,4-6,9,12-13,17-18,23,25-26,28-30H,7-8,10-11,14-16,19-22H2,1H3,(H,35,36)/b18-17+/t3?,23?,25-,26-,28?,29?,30?,32?/m1/s1/i39+0,40+0. The Kier molecular flexibility index (Phi) is 11.7. The summed E-state index contributed by atoms with van der Waals surface area (Å²) in [5.74, 6) is -5.05. The Morgan fingerprint density at radius 3 is 2.49 bits per heavy atom. The van der Waals surface area contributed by atoms with Crippen molar-refractivity contribution in [2.45, 2.75) is 95.4 Å². The molecule has 8 nitrogen and oxygen atoms in total. The van der Waals surface area contributed by atoms with E-state index in [9.17, 15) is 14.7 Å². The van der Waals surface area contributed by atoms with Gasteiger partial charge in [0.05, 0.1) is 18.6 Å². The third-order valence-electron chi connectivity index (χ3n) is 7.60. The van der Waals surface area contributed by atoms with Crippen LogP contribution < -0.4 is 4.74 Å². The van der Waals surface area contributed by atoms with Gasteiger partial charge in [0.1, 0.15) is 11.5 Å². The van der Waals surface area contributed by atoms with Crippen molar-refractivity contribution < 1.29 is 42.8 Å². The third kappa shape index (κ3) is 9.35. The first kappa shape index (κ1) is 31.1. The highest BCUT2D eigenvalue weighted by Crippen LogP contribution is 2.37. The molecule has 2 aliphatic heterocycles. The summed E-state index contributed by atoms with van der Waals surface area (Å²) in [6.07, 6.45) is 11.7. The van der Waals surface area contributed by atoms with Gasteiger partial charge < -0.3 is 28.8 Å². The Balaban J connectivity index is 1.41. The summed E-state index contributed by atoms with van der Waals surface area (Å²) in [7, 11) is 0. The monoisotopic (exact) mass is 572 g/mol. The van der Waals surface area contributed by atoms with Gasteiger partial charge in [0, 0.05) is 31.5 Å². The average Bonchev–Trinajstić information content (AvgIpc) is 3.26. The number of carbonyl (C=O) groups is 2. The molecule has 0 amide bonds. The number of rotatable bonds is 13. The van der Waals surface area contributed by atoms with Crippen LogP contribution in [0.15, 0.2) is 60.4 Å². The van der Waals surface area contributed by atoms with Gasteiger partial charge in [-0.05, 0) is 76.2 Å². The lowest BCUT2D eigenvalue weighted by atomic mass is 9.90. The molecule has 0 radical (unpaired) electrons. The summed E-state index contributed by atoms with van der Waals surface area (Å²) in [6.45, 7) is 3.30. The number of carboxylic acids is 1. The number of benzene rings is 1. The quantitative estimate of drug-likeness (QED) is 0.230. The van der Waals surface area contributed by atoms with Gasteiger partial charge in [0.25, 0.3) is 0 Å². The first-order valence-electron chi connectivity index (χ1n) is 14.6. The first-order valence-corrected chi connectivity index (χ1v) is 14.6. The molecule has 1 aromatic carbocycles. The van der Waals surface area contributed by atoms with Crippen molar-refractivity contribution in [3.63, 3.8) is 0 Å². The van der Waals surface area contributed by atoms with Gasteiger partial charge >= 0.3 is 11.8 Å². The lowest BCUT2D eigenvalue weighted by molar-refractivity contribution is -0.192. The van der Waals surface area contributed by atoms with E-state index in [-0.39, 0.29) is 54.6 Å². The molecule has 3 fully saturated rings. The summed E-state index contributed by atoms with van der Waals surface area (Å²) < 4.78 is 43.9. The fraction of sp³-hybridized carbons (Fsp3) is 0.594. The molecule has 2 saturated heterocycles. The molecule has 3 aliphatic rings. The average molecular weight is 573 g/mol. The maximum atomic E-state index is 15.1. The van der Waals surface area contributed by atoms with Gasteiger partial charge in [-0.25, -0.2) is 4.79 Å². The highest BCUT2D eigenvalue weighted by atomic mass is 19.2. The van der Waals surface area contributed by atoms with Gasteiger partial charge in [-0.3, -0.25) is 4.79 Å². The lowest BCUT2D eigenvalue weighted by Crippen LogP contribution is -2.39. The van der Waals surface area contributed by atoms with Crippen molar-refractivity contribution in [2.24, 2.45) is 11.8 Å². The summed E-state index contributed by atoms with van der Waals surface area (Å²) in [6, 6.07) is 7.96. The first-order chi connectivity index (χ1) is 19.8. The molecule has 0 aromatic heterocycles. The number of hydrogen-bond donors (Lipinski definition) is 1. The molecular weight excluding hydrogens is 531 g/mol. The Morgan fingerprint density at radius 1 is 1.12 bits per heavy atom. The largest absolute Gasteiger partial charge is 0.476 e. The maximum Gasteiger partial charge on any atom is 0.382 e. The van der Waals surface area contributed by atoms with Crippen molar-refractivity contribution in [1.29, 1.82) is 0 Å². The predicted molar refractivity (Wildman–Crippen MR) is 149 cm³/mol. The van der Waals surface area contributed by atoms with Crippen LogP contribution in [-0.4, -0.2) is 60.7 Å². The SMILES string of the molecule is CC(/C=C/[C@H]1C([16O]C2CCCCO2)CC(=O)[C@@H]1CC=C=CCC(F)(Oc1ccccc1)C(=O)O)[16O]C1CCCCO1. The van der Waals surface area contributed by atoms with E-state index in [1.54, 1.807) is 24.3 Å². The van der Waals surface area contributed by atoms with Crippen LogP contribution in [0, 0.1) is 11.8 Å². The maximum absolute atomic E-state index is 15.1. The number of ketones is 1.